The van der Waals surface area contributed by atoms with Gasteiger partial charge in [-0.3, -0.25) is 0 Å². The number of benzene rings is 1. The molecule has 1 fully saturated rings. The van der Waals surface area contributed by atoms with Crippen LogP contribution in [-0.4, -0.2) is 26.2 Å². The largest absolute Gasteiger partial charge is 0.368 e. The quantitative estimate of drug-likeness (QED) is 0.773. The van der Waals surface area contributed by atoms with Gasteiger partial charge in [0.15, 0.2) is 0 Å². The second-order valence-corrected chi connectivity index (χ2v) is 5.10. The highest BCUT2D eigenvalue weighted by Crippen LogP contribution is 2.18. The molecule has 0 amide bonds. The Hall–Kier alpha value is -1.28. The Bertz CT molecular complexity index is 389. The number of rotatable bonds is 6. The number of hydrogen-bond acceptors (Lipinski definition) is 2. The number of unbranched alkanes of at least 4 members (excludes halogenated alkanes) is 1. The molecule has 0 aliphatic carbocycles. The lowest BCUT2D eigenvalue weighted by atomic mass is 10.0. The topological polar surface area (TPSA) is 15.3 Å². The zero-order chi connectivity index (χ0) is 12.8. The molecule has 0 radical (unpaired) electrons. The molecule has 0 aromatic heterocycles. The Morgan fingerprint density at radius 2 is 1.94 bits per heavy atom. The minimum Gasteiger partial charge on any atom is -0.368 e. The van der Waals surface area contributed by atoms with Crippen LogP contribution in [0.4, 0.5) is 5.69 Å². The normalized spacial score (nSPS) is 14.2. The minimum absolute atomic E-state index is 1.07. The summed E-state index contributed by atoms with van der Waals surface area (Å²) in [6.45, 7) is 8.92. The van der Waals surface area contributed by atoms with Crippen molar-refractivity contribution in [2.75, 3.05) is 31.1 Å². The van der Waals surface area contributed by atoms with Crippen LogP contribution in [0.2, 0.25) is 0 Å². The maximum Gasteiger partial charge on any atom is 0.0389 e. The molecule has 1 aromatic rings. The molecule has 18 heavy (non-hydrogen) atoms. The third-order valence-electron chi connectivity index (χ3n) is 3.61. The summed E-state index contributed by atoms with van der Waals surface area (Å²) in [5.41, 5.74) is 4.47. The fourth-order valence-corrected chi connectivity index (χ4v) is 2.24. The molecule has 98 valence electrons. The number of para-hydroxylation sites is 1. The number of hydrogen-bond donors (Lipinski definition) is 1. The lowest BCUT2D eigenvalue weighted by Gasteiger charge is -2.29. The highest BCUT2D eigenvalue weighted by molar-refractivity contribution is 5.47. The van der Waals surface area contributed by atoms with Crippen LogP contribution in [0.15, 0.2) is 41.5 Å². The lowest BCUT2D eigenvalue weighted by Crippen LogP contribution is -2.37. The lowest BCUT2D eigenvalue weighted by molar-refractivity contribution is 0.648. The van der Waals surface area contributed by atoms with E-state index in [2.05, 4.69) is 54.4 Å². The summed E-state index contributed by atoms with van der Waals surface area (Å²) in [5.74, 6) is 0. The highest BCUT2D eigenvalue weighted by atomic mass is 15.1. The summed E-state index contributed by atoms with van der Waals surface area (Å²) in [6, 6.07) is 10.8. The standard InChI is InChI=1S/C16H24N2/c1-3-4-10-18(16-8-6-5-7-9-16)13-14(2)15-11-17-12-15/h5-9,17H,3-4,10-13H2,1-2H3. The predicted octanol–water partition coefficient (Wildman–Crippen LogP) is 3.21. The van der Waals surface area contributed by atoms with Crippen LogP contribution in [0.5, 0.6) is 0 Å². The molecule has 0 bridgehead atoms. The molecule has 2 nitrogen and oxygen atoms in total. The smallest absolute Gasteiger partial charge is 0.0389 e. The van der Waals surface area contributed by atoms with E-state index in [1.54, 1.807) is 5.57 Å². The van der Waals surface area contributed by atoms with E-state index in [9.17, 15) is 0 Å². The molecule has 1 heterocycles. The van der Waals surface area contributed by atoms with Gasteiger partial charge in [-0.05, 0) is 31.1 Å². The maximum absolute atomic E-state index is 3.32. The zero-order valence-corrected chi connectivity index (χ0v) is 11.6. The first-order chi connectivity index (χ1) is 8.81. The Morgan fingerprint density at radius 3 is 2.50 bits per heavy atom. The SMILES string of the molecule is CCCCN(CC(C)=C1CNC1)c1ccccc1. The van der Waals surface area contributed by atoms with Crippen molar-refractivity contribution in [3.63, 3.8) is 0 Å². The van der Waals surface area contributed by atoms with Gasteiger partial charge in [-0.1, -0.05) is 37.1 Å². The molecule has 1 aliphatic rings. The average molecular weight is 244 g/mol. The zero-order valence-electron chi connectivity index (χ0n) is 11.6. The van der Waals surface area contributed by atoms with Crippen LogP contribution in [0, 0.1) is 0 Å². The van der Waals surface area contributed by atoms with Gasteiger partial charge in [-0.2, -0.15) is 0 Å². The maximum atomic E-state index is 3.32. The van der Waals surface area contributed by atoms with Crippen molar-refractivity contribution >= 4 is 5.69 Å². The molecule has 1 aromatic carbocycles. The molecule has 0 unspecified atom stereocenters. The third-order valence-corrected chi connectivity index (χ3v) is 3.61. The number of anilines is 1. The van der Waals surface area contributed by atoms with Gasteiger partial charge in [-0.25, -0.2) is 0 Å². The second kappa shape index (κ2) is 6.60. The number of nitrogens with one attached hydrogen (secondary N) is 1. The second-order valence-electron chi connectivity index (χ2n) is 5.10. The van der Waals surface area contributed by atoms with E-state index in [4.69, 9.17) is 0 Å². The van der Waals surface area contributed by atoms with Crippen molar-refractivity contribution in [2.24, 2.45) is 0 Å². The fraction of sp³-hybridized carbons (Fsp3) is 0.500. The van der Waals surface area contributed by atoms with Crippen molar-refractivity contribution in [3.05, 3.63) is 41.5 Å². The van der Waals surface area contributed by atoms with E-state index in [-0.39, 0.29) is 0 Å². The molecule has 0 spiro atoms. The predicted molar refractivity (Wildman–Crippen MR) is 79.1 cm³/mol. The summed E-state index contributed by atoms with van der Waals surface area (Å²) in [4.78, 5) is 2.50. The fourth-order valence-electron chi connectivity index (χ4n) is 2.24. The van der Waals surface area contributed by atoms with Crippen LogP contribution < -0.4 is 10.2 Å². The van der Waals surface area contributed by atoms with Gasteiger partial charge in [0, 0.05) is 31.9 Å². The Balaban J connectivity index is 2.05. The van der Waals surface area contributed by atoms with E-state index in [1.165, 1.54) is 24.1 Å². The molecule has 2 heteroatoms. The van der Waals surface area contributed by atoms with Crippen LogP contribution in [0.25, 0.3) is 0 Å². The van der Waals surface area contributed by atoms with Gasteiger partial charge in [0.25, 0.3) is 0 Å². The summed E-state index contributed by atoms with van der Waals surface area (Å²) in [5, 5.41) is 3.32. The van der Waals surface area contributed by atoms with Crippen molar-refractivity contribution in [1.29, 1.82) is 0 Å². The average Bonchev–Trinajstić information content (AvgIpc) is 2.33. The van der Waals surface area contributed by atoms with Crippen molar-refractivity contribution in [2.45, 2.75) is 26.7 Å². The highest BCUT2D eigenvalue weighted by Gasteiger charge is 2.13. The van der Waals surface area contributed by atoms with Gasteiger partial charge < -0.3 is 10.2 Å². The molecule has 1 saturated heterocycles. The first kappa shape index (κ1) is 13.2. The van der Waals surface area contributed by atoms with Gasteiger partial charge >= 0.3 is 0 Å². The van der Waals surface area contributed by atoms with E-state index < -0.39 is 0 Å². The van der Waals surface area contributed by atoms with Gasteiger partial charge in [0.1, 0.15) is 0 Å². The van der Waals surface area contributed by atoms with E-state index in [0.717, 1.165) is 26.2 Å². The van der Waals surface area contributed by atoms with Gasteiger partial charge in [0.05, 0.1) is 0 Å². The van der Waals surface area contributed by atoms with Crippen molar-refractivity contribution in [1.82, 2.24) is 5.32 Å². The van der Waals surface area contributed by atoms with E-state index >= 15 is 0 Å². The molecule has 1 N–H and O–H groups in total. The summed E-state index contributed by atoms with van der Waals surface area (Å²) in [7, 11) is 0. The molecule has 2 rings (SSSR count). The Labute approximate surface area is 111 Å². The summed E-state index contributed by atoms with van der Waals surface area (Å²) >= 11 is 0. The van der Waals surface area contributed by atoms with Crippen molar-refractivity contribution in [3.8, 4) is 0 Å². The monoisotopic (exact) mass is 244 g/mol. The van der Waals surface area contributed by atoms with Gasteiger partial charge in [-0.15, -0.1) is 0 Å². The van der Waals surface area contributed by atoms with E-state index in [0.29, 0.717) is 0 Å². The van der Waals surface area contributed by atoms with Crippen LogP contribution in [0.1, 0.15) is 26.7 Å². The summed E-state index contributed by atoms with van der Waals surface area (Å²) in [6.07, 6.45) is 2.51. The Kier molecular flexibility index (Phi) is 4.82. The minimum atomic E-state index is 1.07. The molecule has 1 aliphatic heterocycles. The molecule has 0 atom stereocenters. The van der Waals surface area contributed by atoms with Crippen LogP contribution in [0.3, 0.4) is 0 Å². The van der Waals surface area contributed by atoms with Crippen LogP contribution >= 0.6 is 0 Å². The van der Waals surface area contributed by atoms with Crippen molar-refractivity contribution < 1.29 is 0 Å². The Morgan fingerprint density at radius 1 is 1.22 bits per heavy atom. The van der Waals surface area contributed by atoms with E-state index in [1.807, 2.05) is 0 Å². The first-order valence-electron chi connectivity index (χ1n) is 6.99. The third kappa shape index (κ3) is 3.36. The number of nitrogens with zero attached hydrogens (tertiary/aromatic N) is 1. The first-order valence-corrected chi connectivity index (χ1v) is 6.99. The molecular formula is C16H24N2. The van der Waals surface area contributed by atoms with Gasteiger partial charge in [0.2, 0.25) is 0 Å². The molecular weight excluding hydrogens is 220 g/mol. The molecule has 0 saturated carbocycles. The summed E-state index contributed by atoms with van der Waals surface area (Å²) < 4.78 is 0. The van der Waals surface area contributed by atoms with Crippen LogP contribution in [-0.2, 0) is 0 Å².